The molecule has 0 unspecified atom stereocenters. The number of hydrogen-bond donors (Lipinski definition) is 1. The molecule has 0 spiro atoms. The zero-order valence-electron chi connectivity index (χ0n) is 8.95. The van der Waals surface area contributed by atoms with Crippen LogP contribution in [0.3, 0.4) is 0 Å². The Morgan fingerprint density at radius 3 is 2.82 bits per heavy atom. The van der Waals surface area contributed by atoms with Gasteiger partial charge < -0.3 is 5.32 Å². The number of carbonyl (C=O) groups is 1. The summed E-state index contributed by atoms with van der Waals surface area (Å²) in [6.07, 6.45) is 3.30. The van der Waals surface area contributed by atoms with E-state index in [9.17, 15) is 4.79 Å². The van der Waals surface area contributed by atoms with Crippen LogP contribution in [0, 0.1) is 0 Å². The molecular formula is C11H9BrClN3O. The molecule has 2 rings (SSSR count). The molecular weight excluding hydrogens is 305 g/mol. The number of anilines is 1. The van der Waals surface area contributed by atoms with Crippen molar-refractivity contribution in [1.29, 1.82) is 0 Å². The average molecular weight is 315 g/mol. The van der Waals surface area contributed by atoms with E-state index >= 15 is 0 Å². The Morgan fingerprint density at radius 1 is 1.47 bits per heavy atom. The third kappa shape index (κ3) is 3.08. The normalized spacial score (nSPS) is 10.3. The minimum atomic E-state index is -0.221. The predicted octanol–water partition coefficient (Wildman–Crippen LogP) is 3.09. The summed E-state index contributed by atoms with van der Waals surface area (Å²) in [5.74, 6) is -0.221. The van der Waals surface area contributed by atoms with Crippen molar-refractivity contribution in [2.45, 2.75) is 0 Å². The Hall–Kier alpha value is -1.33. The molecule has 0 fully saturated rings. The molecule has 0 radical (unpaired) electrons. The van der Waals surface area contributed by atoms with Gasteiger partial charge in [0, 0.05) is 28.3 Å². The highest BCUT2D eigenvalue weighted by Crippen LogP contribution is 2.20. The first-order valence-corrected chi connectivity index (χ1v) is 5.98. The van der Waals surface area contributed by atoms with Crippen LogP contribution < -0.4 is 5.32 Å². The Bertz CT molecular complexity index is 547. The van der Waals surface area contributed by atoms with Crippen molar-refractivity contribution >= 4 is 39.1 Å². The Balaban J connectivity index is 2.19. The molecule has 0 aliphatic carbocycles. The van der Waals surface area contributed by atoms with Gasteiger partial charge in [0.15, 0.2) is 0 Å². The van der Waals surface area contributed by atoms with Crippen molar-refractivity contribution in [3.8, 4) is 0 Å². The molecule has 0 aliphatic rings. The number of hydrogen-bond acceptors (Lipinski definition) is 2. The minimum absolute atomic E-state index is 0.221. The van der Waals surface area contributed by atoms with Crippen molar-refractivity contribution in [2.75, 3.05) is 5.32 Å². The summed E-state index contributed by atoms with van der Waals surface area (Å²) in [7, 11) is 1.78. The number of amides is 1. The second kappa shape index (κ2) is 4.89. The number of nitrogens with one attached hydrogen (secondary N) is 1. The van der Waals surface area contributed by atoms with Crippen LogP contribution in [0.4, 0.5) is 5.69 Å². The lowest BCUT2D eigenvalue weighted by molar-refractivity contribution is 0.102. The topological polar surface area (TPSA) is 46.9 Å². The Kier molecular flexibility index (Phi) is 3.49. The lowest BCUT2D eigenvalue weighted by atomic mass is 10.2. The van der Waals surface area contributed by atoms with Gasteiger partial charge in [-0.2, -0.15) is 5.10 Å². The van der Waals surface area contributed by atoms with Gasteiger partial charge >= 0.3 is 0 Å². The van der Waals surface area contributed by atoms with E-state index in [1.54, 1.807) is 42.3 Å². The lowest BCUT2D eigenvalue weighted by Gasteiger charge is -2.03. The van der Waals surface area contributed by atoms with Gasteiger partial charge in [-0.15, -0.1) is 0 Å². The van der Waals surface area contributed by atoms with Gasteiger partial charge in [0.1, 0.15) is 0 Å². The molecule has 1 N–H and O–H groups in total. The van der Waals surface area contributed by atoms with Crippen LogP contribution in [0.2, 0.25) is 5.02 Å². The van der Waals surface area contributed by atoms with E-state index in [4.69, 9.17) is 11.6 Å². The van der Waals surface area contributed by atoms with E-state index in [0.717, 1.165) is 4.47 Å². The number of carbonyl (C=O) groups excluding carboxylic acids is 1. The van der Waals surface area contributed by atoms with E-state index in [-0.39, 0.29) is 5.91 Å². The molecule has 0 atom stereocenters. The molecule has 0 saturated carbocycles. The third-order valence-corrected chi connectivity index (χ3v) is 2.76. The number of nitrogens with zero attached hydrogens (tertiary/aromatic N) is 2. The van der Waals surface area contributed by atoms with Crippen LogP contribution in [0.5, 0.6) is 0 Å². The van der Waals surface area contributed by atoms with Crippen molar-refractivity contribution in [3.05, 3.63) is 45.7 Å². The first-order valence-electron chi connectivity index (χ1n) is 4.81. The van der Waals surface area contributed by atoms with Crippen LogP contribution in [0.25, 0.3) is 0 Å². The maximum atomic E-state index is 11.9. The smallest absolute Gasteiger partial charge is 0.255 e. The second-order valence-corrected chi connectivity index (χ2v) is 4.87. The van der Waals surface area contributed by atoms with Crippen LogP contribution >= 0.6 is 27.5 Å². The van der Waals surface area contributed by atoms with Gasteiger partial charge in [-0.25, -0.2) is 0 Å². The zero-order chi connectivity index (χ0) is 12.4. The number of aryl methyl sites for hydroxylation is 1. The molecule has 4 nitrogen and oxygen atoms in total. The SMILES string of the molecule is Cn1cc(NC(=O)c2cc(Cl)cc(Br)c2)cn1. The third-order valence-electron chi connectivity index (χ3n) is 2.09. The second-order valence-electron chi connectivity index (χ2n) is 3.51. The fourth-order valence-electron chi connectivity index (χ4n) is 1.37. The quantitative estimate of drug-likeness (QED) is 0.926. The summed E-state index contributed by atoms with van der Waals surface area (Å²) in [6, 6.07) is 5.04. The number of benzene rings is 1. The standard InChI is InChI=1S/C11H9BrClN3O/c1-16-6-10(5-14-16)15-11(17)7-2-8(12)4-9(13)3-7/h2-6H,1H3,(H,15,17). The molecule has 88 valence electrons. The van der Waals surface area contributed by atoms with E-state index in [1.165, 1.54) is 0 Å². The van der Waals surface area contributed by atoms with Crippen molar-refractivity contribution in [1.82, 2.24) is 9.78 Å². The summed E-state index contributed by atoms with van der Waals surface area (Å²) in [5.41, 5.74) is 1.14. The van der Waals surface area contributed by atoms with Gasteiger partial charge in [-0.1, -0.05) is 27.5 Å². The first kappa shape index (κ1) is 12.1. The maximum absolute atomic E-state index is 11.9. The molecule has 17 heavy (non-hydrogen) atoms. The molecule has 0 bridgehead atoms. The predicted molar refractivity (Wildman–Crippen MR) is 70.3 cm³/mol. The van der Waals surface area contributed by atoms with E-state index in [1.807, 2.05) is 0 Å². The van der Waals surface area contributed by atoms with E-state index in [2.05, 4.69) is 26.3 Å². The van der Waals surface area contributed by atoms with Crippen molar-refractivity contribution in [2.24, 2.45) is 7.05 Å². The van der Waals surface area contributed by atoms with Gasteiger partial charge in [0.25, 0.3) is 5.91 Å². The number of aromatic nitrogens is 2. The van der Waals surface area contributed by atoms with Gasteiger partial charge in [-0.05, 0) is 18.2 Å². The molecule has 1 aromatic heterocycles. The highest BCUT2D eigenvalue weighted by atomic mass is 79.9. The summed E-state index contributed by atoms with van der Waals surface area (Å²) in [6.45, 7) is 0. The van der Waals surface area contributed by atoms with Crippen molar-refractivity contribution in [3.63, 3.8) is 0 Å². The first-order chi connectivity index (χ1) is 8.04. The van der Waals surface area contributed by atoms with Crippen LogP contribution in [0.15, 0.2) is 35.1 Å². The van der Waals surface area contributed by atoms with Crippen LogP contribution in [-0.4, -0.2) is 15.7 Å². The Morgan fingerprint density at radius 2 is 2.24 bits per heavy atom. The average Bonchev–Trinajstić information content (AvgIpc) is 2.62. The summed E-state index contributed by atoms with van der Waals surface area (Å²) in [4.78, 5) is 11.9. The van der Waals surface area contributed by atoms with Gasteiger partial charge in [-0.3, -0.25) is 9.48 Å². The fraction of sp³-hybridized carbons (Fsp3) is 0.0909. The Labute approximate surface area is 112 Å². The highest BCUT2D eigenvalue weighted by Gasteiger charge is 2.08. The summed E-state index contributed by atoms with van der Waals surface area (Å²) >= 11 is 9.16. The van der Waals surface area contributed by atoms with Crippen LogP contribution in [0.1, 0.15) is 10.4 Å². The van der Waals surface area contributed by atoms with E-state index in [0.29, 0.717) is 16.3 Å². The molecule has 2 aromatic rings. The van der Waals surface area contributed by atoms with Crippen LogP contribution in [-0.2, 0) is 7.05 Å². The molecule has 1 heterocycles. The molecule has 1 aromatic carbocycles. The lowest BCUT2D eigenvalue weighted by Crippen LogP contribution is -2.11. The summed E-state index contributed by atoms with van der Waals surface area (Å²) < 4.78 is 2.38. The highest BCUT2D eigenvalue weighted by molar-refractivity contribution is 9.10. The van der Waals surface area contributed by atoms with E-state index < -0.39 is 0 Å². The molecule has 1 amide bonds. The largest absolute Gasteiger partial charge is 0.319 e. The monoisotopic (exact) mass is 313 g/mol. The minimum Gasteiger partial charge on any atom is -0.319 e. The maximum Gasteiger partial charge on any atom is 0.255 e. The molecule has 6 heteroatoms. The molecule has 0 saturated heterocycles. The van der Waals surface area contributed by atoms with Crippen molar-refractivity contribution < 1.29 is 4.79 Å². The zero-order valence-corrected chi connectivity index (χ0v) is 11.3. The molecule has 0 aliphatic heterocycles. The van der Waals surface area contributed by atoms with Gasteiger partial charge in [0.05, 0.1) is 11.9 Å². The summed E-state index contributed by atoms with van der Waals surface area (Å²) in [5, 5.41) is 7.21. The van der Waals surface area contributed by atoms with Gasteiger partial charge in [0.2, 0.25) is 0 Å². The number of halogens is 2. The fourth-order valence-corrected chi connectivity index (χ4v) is 2.23. The number of rotatable bonds is 2.